The van der Waals surface area contributed by atoms with Crippen molar-refractivity contribution in [2.24, 2.45) is 5.41 Å². The fraction of sp³-hybridized carbons (Fsp3) is 0.400. The molecule has 0 heterocycles. The first-order valence-electron chi connectivity index (χ1n) is 7.19. The van der Waals surface area contributed by atoms with Gasteiger partial charge < -0.3 is 0 Å². The maximum absolute atomic E-state index is 4.14. The second-order valence-electron chi connectivity index (χ2n) is 7.46. The first-order chi connectivity index (χ1) is 9.01. The van der Waals surface area contributed by atoms with E-state index in [0.29, 0.717) is 0 Å². The van der Waals surface area contributed by atoms with Gasteiger partial charge in [-0.05, 0) is 33.1 Å². The van der Waals surface area contributed by atoms with Crippen molar-refractivity contribution in [1.82, 2.24) is 0 Å². The standard InChI is InChI=1S/C20H28/c1-15(9-10-16(2)19(3,4)5)17-11-13-18(14-12-17)20(6,7)8/h9-14H,1-2H2,3-8H3/b10-9-. The van der Waals surface area contributed by atoms with Crippen LogP contribution in [0.2, 0.25) is 0 Å². The number of benzene rings is 1. The van der Waals surface area contributed by atoms with Crippen LogP contribution in [0.15, 0.2) is 55.1 Å². The first-order valence-corrected chi connectivity index (χ1v) is 7.19. The maximum Gasteiger partial charge on any atom is -0.0132 e. The molecule has 0 aliphatic rings. The summed E-state index contributed by atoms with van der Waals surface area (Å²) in [7, 11) is 0. The number of hydrogen-bond acceptors (Lipinski definition) is 0. The van der Waals surface area contributed by atoms with Crippen LogP contribution in [0.25, 0.3) is 5.57 Å². The lowest BCUT2D eigenvalue weighted by Gasteiger charge is -2.19. The molecule has 0 atom stereocenters. The summed E-state index contributed by atoms with van der Waals surface area (Å²) in [6.07, 6.45) is 4.12. The lowest BCUT2D eigenvalue weighted by Crippen LogP contribution is -2.10. The van der Waals surface area contributed by atoms with Crippen LogP contribution in [-0.4, -0.2) is 0 Å². The molecule has 0 amide bonds. The van der Waals surface area contributed by atoms with E-state index in [1.165, 1.54) is 5.56 Å². The topological polar surface area (TPSA) is 0 Å². The molecule has 0 heteroatoms. The summed E-state index contributed by atoms with van der Waals surface area (Å²) < 4.78 is 0. The van der Waals surface area contributed by atoms with Crippen LogP contribution < -0.4 is 0 Å². The third-order valence-electron chi connectivity index (χ3n) is 3.57. The molecule has 0 N–H and O–H groups in total. The van der Waals surface area contributed by atoms with E-state index in [0.717, 1.165) is 16.7 Å². The Morgan fingerprint density at radius 3 is 1.75 bits per heavy atom. The van der Waals surface area contributed by atoms with Crippen molar-refractivity contribution in [2.45, 2.75) is 47.0 Å². The molecule has 1 aromatic rings. The molecule has 108 valence electrons. The Hall–Kier alpha value is -1.56. The van der Waals surface area contributed by atoms with Gasteiger partial charge in [0.15, 0.2) is 0 Å². The summed E-state index contributed by atoms with van der Waals surface area (Å²) in [6.45, 7) is 21.4. The van der Waals surface area contributed by atoms with E-state index in [-0.39, 0.29) is 10.8 Å². The average molecular weight is 268 g/mol. The zero-order valence-corrected chi connectivity index (χ0v) is 13.9. The summed E-state index contributed by atoms with van der Waals surface area (Å²) >= 11 is 0. The summed E-state index contributed by atoms with van der Waals surface area (Å²) in [6, 6.07) is 8.67. The smallest absolute Gasteiger partial charge is 0.0132 e. The molecule has 20 heavy (non-hydrogen) atoms. The van der Waals surface area contributed by atoms with Gasteiger partial charge in [-0.25, -0.2) is 0 Å². The second kappa shape index (κ2) is 5.83. The van der Waals surface area contributed by atoms with Crippen LogP contribution in [0.4, 0.5) is 0 Å². The SMILES string of the molecule is C=C(/C=C\C(=C)C(C)(C)C)c1ccc(C(C)(C)C)cc1. The third kappa shape index (κ3) is 4.52. The highest BCUT2D eigenvalue weighted by atomic mass is 14.2. The van der Waals surface area contributed by atoms with Gasteiger partial charge in [-0.2, -0.15) is 0 Å². The van der Waals surface area contributed by atoms with Crippen molar-refractivity contribution in [2.75, 3.05) is 0 Å². The minimum atomic E-state index is 0.104. The Balaban J connectivity index is 2.84. The lowest BCUT2D eigenvalue weighted by molar-refractivity contribution is 0.519. The summed E-state index contributed by atoms with van der Waals surface area (Å²) in [5.74, 6) is 0. The molecular weight excluding hydrogens is 240 g/mol. The molecule has 0 aliphatic heterocycles. The van der Waals surface area contributed by atoms with E-state index in [1.54, 1.807) is 0 Å². The van der Waals surface area contributed by atoms with Crippen molar-refractivity contribution < 1.29 is 0 Å². The van der Waals surface area contributed by atoms with Crippen LogP contribution in [0.5, 0.6) is 0 Å². The van der Waals surface area contributed by atoms with Gasteiger partial charge in [0.2, 0.25) is 0 Å². The maximum atomic E-state index is 4.14. The fourth-order valence-corrected chi connectivity index (χ4v) is 1.73. The molecule has 0 nitrogen and oxygen atoms in total. The van der Waals surface area contributed by atoms with Gasteiger partial charge in [-0.3, -0.25) is 0 Å². The van der Waals surface area contributed by atoms with Gasteiger partial charge in [-0.1, -0.05) is 91.1 Å². The van der Waals surface area contributed by atoms with Crippen LogP contribution >= 0.6 is 0 Å². The minimum absolute atomic E-state index is 0.104. The highest BCUT2D eigenvalue weighted by molar-refractivity contribution is 5.72. The normalized spacial score (nSPS) is 12.7. The molecule has 0 unspecified atom stereocenters. The third-order valence-corrected chi connectivity index (χ3v) is 3.57. The van der Waals surface area contributed by atoms with E-state index >= 15 is 0 Å². The van der Waals surface area contributed by atoms with E-state index in [1.807, 2.05) is 0 Å². The molecule has 0 aliphatic carbocycles. The molecule has 0 spiro atoms. The summed E-state index contributed by atoms with van der Waals surface area (Å²) in [5, 5.41) is 0. The lowest BCUT2D eigenvalue weighted by atomic mass is 9.85. The Morgan fingerprint density at radius 2 is 1.35 bits per heavy atom. The van der Waals surface area contributed by atoms with Crippen molar-refractivity contribution >= 4 is 5.57 Å². The van der Waals surface area contributed by atoms with E-state index < -0.39 is 0 Å². The monoisotopic (exact) mass is 268 g/mol. The quantitative estimate of drug-likeness (QED) is 0.576. The predicted molar refractivity (Wildman–Crippen MR) is 91.9 cm³/mol. The van der Waals surface area contributed by atoms with Gasteiger partial charge in [0.25, 0.3) is 0 Å². The number of rotatable bonds is 3. The van der Waals surface area contributed by atoms with E-state index in [4.69, 9.17) is 0 Å². The Labute approximate surface area is 124 Å². The Morgan fingerprint density at radius 1 is 0.850 bits per heavy atom. The van der Waals surface area contributed by atoms with Gasteiger partial charge in [-0.15, -0.1) is 0 Å². The van der Waals surface area contributed by atoms with Crippen LogP contribution in [-0.2, 0) is 5.41 Å². The zero-order chi connectivity index (χ0) is 15.6. The van der Waals surface area contributed by atoms with E-state index in [2.05, 4.69) is 91.1 Å². The van der Waals surface area contributed by atoms with Crippen molar-refractivity contribution in [1.29, 1.82) is 0 Å². The zero-order valence-electron chi connectivity index (χ0n) is 13.9. The Kier molecular flexibility index (Phi) is 4.81. The molecule has 0 fully saturated rings. The molecule has 0 aromatic heterocycles. The molecular formula is C20H28. The second-order valence-corrected chi connectivity index (χ2v) is 7.46. The highest BCUT2D eigenvalue weighted by Crippen LogP contribution is 2.27. The number of allylic oxidation sites excluding steroid dienone is 4. The summed E-state index contributed by atoms with van der Waals surface area (Å²) in [4.78, 5) is 0. The Bertz CT molecular complexity index is 511. The van der Waals surface area contributed by atoms with Crippen molar-refractivity contribution in [3.8, 4) is 0 Å². The average Bonchev–Trinajstić information content (AvgIpc) is 2.33. The molecule has 0 saturated carbocycles. The largest absolute Gasteiger partial charge is 0.0953 e. The first kappa shape index (κ1) is 16.5. The highest BCUT2D eigenvalue weighted by Gasteiger charge is 2.13. The molecule has 0 bridgehead atoms. The minimum Gasteiger partial charge on any atom is -0.0953 e. The van der Waals surface area contributed by atoms with Crippen LogP contribution in [0.3, 0.4) is 0 Å². The van der Waals surface area contributed by atoms with Gasteiger partial charge in [0.05, 0.1) is 0 Å². The van der Waals surface area contributed by atoms with Gasteiger partial charge in [0, 0.05) is 0 Å². The van der Waals surface area contributed by atoms with Crippen LogP contribution in [0.1, 0.15) is 52.7 Å². The van der Waals surface area contributed by atoms with E-state index in [9.17, 15) is 0 Å². The number of hydrogen-bond donors (Lipinski definition) is 0. The molecule has 0 radical (unpaired) electrons. The van der Waals surface area contributed by atoms with Crippen molar-refractivity contribution in [3.05, 3.63) is 66.3 Å². The molecule has 0 saturated heterocycles. The van der Waals surface area contributed by atoms with Crippen LogP contribution in [0, 0.1) is 5.41 Å². The van der Waals surface area contributed by atoms with Crippen molar-refractivity contribution in [3.63, 3.8) is 0 Å². The van der Waals surface area contributed by atoms with Gasteiger partial charge >= 0.3 is 0 Å². The van der Waals surface area contributed by atoms with Gasteiger partial charge in [0.1, 0.15) is 0 Å². The summed E-state index contributed by atoms with van der Waals surface area (Å²) in [5.41, 5.74) is 4.94. The predicted octanol–water partition coefficient (Wildman–Crippen LogP) is 6.16. The fourth-order valence-electron chi connectivity index (χ4n) is 1.73. The molecule has 1 aromatic carbocycles. The molecule has 1 rings (SSSR count).